The predicted octanol–water partition coefficient (Wildman–Crippen LogP) is 2.47. The van der Waals surface area contributed by atoms with E-state index in [-0.39, 0.29) is 24.1 Å². The number of ether oxygens (including phenoxy) is 1. The van der Waals surface area contributed by atoms with Crippen LogP contribution in [0.25, 0.3) is 0 Å². The minimum absolute atomic E-state index is 0.0941. The quantitative estimate of drug-likeness (QED) is 0.716. The van der Waals surface area contributed by atoms with Crippen molar-refractivity contribution in [3.8, 4) is 0 Å². The van der Waals surface area contributed by atoms with E-state index in [0.717, 1.165) is 22.9 Å². The second-order valence-corrected chi connectivity index (χ2v) is 7.74. The van der Waals surface area contributed by atoms with E-state index in [4.69, 9.17) is 4.74 Å². The Labute approximate surface area is 133 Å². The summed E-state index contributed by atoms with van der Waals surface area (Å²) in [4.78, 5) is 11.9. The van der Waals surface area contributed by atoms with Crippen LogP contribution in [0.4, 0.5) is 0 Å². The zero-order chi connectivity index (χ0) is 15.6. The minimum atomic E-state index is -3.68. The molecule has 1 aliphatic carbocycles. The van der Waals surface area contributed by atoms with Gasteiger partial charge < -0.3 is 4.74 Å². The summed E-state index contributed by atoms with van der Waals surface area (Å²) in [5.74, 6) is -0.512. The Morgan fingerprint density at radius 3 is 2.62 bits per heavy atom. The first kappa shape index (κ1) is 16.5. The van der Waals surface area contributed by atoms with E-state index >= 15 is 0 Å². The molecule has 21 heavy (non-hydrogen) atoms. The monoisotopic (exact) mass is 375 g/mol. The van der Waals surface area contributed by atoms with Crippen LogP contribution < -0.4 is 0 Å². The highest BCUT2D eigenvalue weighted by molar-refractivity contribution is 9.10. The van der Waals surface area contributed by atoms with Gasteiger partial charge in [-0.15, -0.1) is 0 Å². The highest BCUT2D eigenvalue weighted by atomic mass is 79.9. The summed E-state index contributed by atoms with van der Waals surface area (Å²) in [6.07, 6.45) is 1.57. The molecule has 0 radical (unpaired) electrons. The van der Waals surface area contributed by atoms with Crippen molar-refractivity contribution in [2.45, 2.75) is 37.6 Å². The molecule has 0 spiro atoms. The minimum Gasteiger partial charge on any atom is -0.465 e. The lowest BCUT2D eigenvalue weighted by atomic mass is 10.2. The molecule has 2 rings (SSSR count). The summed E-state index contributed by atoms with van der Waals surface area (Å²) >= 11 is 3.35. The number of esters is 1. The van der Waals surface area contributed by atoms with Gasteiger partial charge in [-0.3, -0.25) is 4.79 Å². The van der Waals surface area contributed by atoms with Crippen LogP contribution in [0.3, 0.4) is 0 Å². The Hall–Kier alpha value is -0.920. The van der Waals surface area contributed by atoms with Crippen molar-refractivity contribution >= 4 is 31.9 Å². The third-order valence-corrected chi connectivity index (χ3v) is 6.06. The SMILES string of the molecule is CCOC(=O)CN(C1CC1)S(=O)(=O)c1ccc(Br)c(C)c1. The molecule has 1 saturated carbocycles. The molecule has 0 aliphatic heterocycles. The Morgan fingerprint density at radius 1 is 1.43 bits per heavy atom. The molecule has 116 valence electrons. The summed E-state index contributed by atoms with van der Waals surface area (Å²) in [7, 11) is -3.68. The van der Waals surface area contributed by atoms with Crippen LogP contribution in [-0.4, -0.2) is 37.9 Å². The Bertz CT molecular complexity index is 640. The lowest BCUT2D eigenvalue weighted by Gasteiger charge is -2.21. The number of carbonyl (C=O) groups excluding carboxylic acids is 1. The molecule has 0 heterocycles. The molecule has 0 bridgehead atoms. The van der Waals surface area contributed by atoms with Gasteiger partial charge in [0.15, 0.2) is 0 Å². The second kappa shape index (κ2) is 6.46. The summed E-state index contributed by atoms with van der Waals surface area (Å²) in [6.45, 7) is 3.55. The molecule has 5 nitrogen and oxygen atoms in total. The number of benzene rings is 1. The third kappa shape index (κ3) is 3.84. The van der Waals surface area contributed by atoms with Crippen molar-refractivity contribution in [1.29, 1.82) is 0 Å². The fourth-order valence-electron chi connectivity index (χ4n) is 2.02. The molecule has 1 aliphatic rings. The predicted molar refractivity (Wildman–Crippen MR) is 82.4 cm³/mol. The normalized spacial score (nSPS) is 15.2. The average Bonchev–Trinajstić information content (AvgIpc) is 3.23. The van der Waals surface area contributed by atoms with Gasteiger partial charge in [-0.25, -0.2) is 8.42 Å². The molecular weight excluding hydrogens is 358 g/mol. The molecule has 0 unspecified atom stereocenters. The van der Waals surface area contributed by atoms with Gasteiger partial charge >= 0.3 is 5.97 Å². The maximum absolute atomic E-state index is 12.7. The first-order valence-electron chi connectivity index (χ1n) is 6.80. The van der Waals surface area contributed by atoms with Gasteiger partial charge in [-0.05, 0) is 50.5 Å². The molecule has 0 N–H and O–H groups in total. The van der Waals surface area contributed by atoms with Crippen LogP contribution in [0, 0.1) is 6.92 Å². The van der Waals surface area contributed by atoms with E-state index < -0.39 is 16.0 Å². The molecule has 0 amide bonds. The van der Waals surface area contributed by atoms with E-state index in [1.54, 1.807) is 25.1 Å². The van der Waals surface area contributed by atoms with Crippen molar-refractivity contribution < 1.29 is 17.9 Å². The Balaban J connectivity index is 2.29. The molecule has 0 atom stereocenters. The van der Waals surface area contributed by atoms with Crippen LogP contribution in [0.1, 0.15) is 25.3 Å². The van der Waals surface area contributed by atoms with Gasteiger partial charge in [0.1, 0.15) is 6.54 Å². The largest absolute Gasteiger partial charge is 0.465 e. The summed E-state index contributed by atoms with van der Waals surface area (Å²) in [6, 6.07) is 4.77. The van der Waals surface area contributed by atoms with Crippen LogP contribution in [0.15, 0.2) is 27.6 Å². The van der Waals surface area contributed by atoms with E-state index in [0.29, 0.717) is 0 Å². The van der Waals surface area contributed by atoms with Crippen molar-refractivity contribution in [2.24, 2.45) is 0 Å². The smallest absolute Gasteiger partial charge is 0.321 e. The topological polar surface area (TPSA) is 63.7 Å². The summed E-state index contributed by atoms with van der Waals surface area (Å²) in [5.41, 5.74) is 0.836. The van der Waals surface area contributed by atoms with Crippen molar-refractivity contribution in [3.05, 3.63) is 28.2 Å². The Kier molecular flexibility index (Phi) is 5.06. The number of sulfonamides is 1. The zero-order valence-corrected chi connectivity index (χ0v) is 14.4. The lowest BCUT2D eigenvalue weighted by Crippen LogP contribution is -2.38. The number of hydrogen-bond acceptors (Lipinski definition) is 4. The number of carbonyl (C=O) groups is 1. The van der Waals surface area contributed by atoms with Crippen molar-refractivity contribution in [1.82, 2.24) is 4.31 Å². The van der Waals surface area contributed by atoms with Crippen LogP contribution in [0.5, 0.6) is 0 Å². The molecule has 1 aromatic rings. The highest BCUT2D eigenvalue weighted by Crippen LogP contribution is 2.32. The van der Waals surface area contributed by atoms with Gasteiger partial charge in [-0.1, -0.05) is 15.9 Å². The fraction of sp³-hybridized carbons (Fsp3) is 0.500. The first-order chi connectivity index (χ1) is 9.86. The molecule has 1 aromatic carbocycles. The number of halogens is 1. The second-order valence-electron chi connectivity index (χ2n) is 5.00. The van der Waals surface area contributed by atoms with Gasteiger partial charge in [-0.2, -0.15) is 4.31 Å². The number of aryl methyl sites for hydroxylation is 1. The lowest BCUT2D eigenvalue weighted by molar-refractivity contribution is -0.143. The van der Waals surface area contributed by atoms with E-state index in [9.17, 15) is 13.2 Å². The molecule has 0 saturated heterocycles. The average molecular weight is 376 g/mol. The number of hydrogen-bond donors (Lipinski definition) is 0. The molecule has 7 heteroatoms. The number of rotatable bonds is 6. The molecule has 0 aromatic heterocycles. The zero-order valence-electron chi connectivity index (χ0n) is 12.0. The third-order valence-electron chi connectivity index (χ3n) is 3.28. The van der Waals surface area contributed by atoms with E-state index in [1.165, 1.54) is 4.31 Å². The summed E-state index contributed by atoms with van der Waals surface area (Å²) in [5, 5.41) is 0. The number of nitrogens with zero attached hydrogens (tertiary/aromatic N) is 1. The fourth-order valence-corrected chi connectivity index (χ4v) is 3.98. The first-order valence-corrected chi connectivity index (χ1v) is 9.03. The van der Waals surface area contributed by atoms with Gasteiger partial charge in [0.05, 0.1) is 11.5 Å². The van der Waals surface area contributed by atoms with Crippen molar-refractivity contribution in [2.75, 3.05) is 13.2 Å². The van der Waals surface area contributed by atoms with Crippen LogP contribution in [0.2, 0.25) is 0 Å². The van der Waals surface area contributed by atoms with Gasteiger partial charge in [0, 0.05) is 10.5 Å². The van der Waals surface area contributed by atoms with Crippen LogP contribution in [-0.2, 0) is 19.6 Å². The highest BCUT2D eigenvalue weighted by Gasteiger charge is 2.39. The van der Waals surface area contributed by atoms with Crippen LogP contribution >= 0.6 is 15.9 Å². The van der Waals surface area contributed by atoms with Gasteiger partial charge in [0.2, 0.25) is 10.0 Å². The summed E-state index contributed by atoms with van der Waals surface area (Å²) < 4.78 is 32.4. The van der Waals surface area contributed by atoms with E-state index in [2.05, 4.69) is 15.9 Å². The standard InChI is InChI=1S/C14H18BrNO4S/c1-3-20-14(17)9-16(11-4-5-11)21(18,19)12-6-7-13(15)10(2)8-12/h6-8,11H,3-5,9H2,1-2H3. The maximum Gasteiger partial charge on any atom is 0.321 e. The van der Waals surface area contributed by atoms with Crippen molar-refractivity contribution in [3.63, 3.8) is 0 Å². The molecule has 1 fully saturated rings. The Morgan fingerprint density at radius 2 is 2.10 bits per heavy atom. The van der Waals surface area contributed by atoms with Gasteiger partial charge in [0.25, 0.3) is 0 Å². The maximum atomic E-state index is 12.7. The van der Waals surface area contributed by atoms with E-state index in [1.807, 2.05) is 6.92 Å². The molecular formula is C14H18BrNO4S.